The van der Waals surface area contributed by atoms with Crippen LogP contribution < -0.4 is 10.5 Å². The lowest BCUT2D eigenvalue weighted by Crippen LogP contribution is -2.07. The summed E-state index contributed by atoms with van der Waals surface area (Å²) in [7, 11) is 0. The van der Waals surface area contributed by atoms with E-state index in [1.807, 2.05) is 18.2 Å². The van der Waals surface area contributed by atoms with Crippen molar-refractivity contribution in [3.8, 4) is 17.3 Å². The number of anilines is 1. The number of aromatic nitrogens is 4. The Labute approximate surface area is 154 Å². The Balaban J connectivity index is 1.50. The van der Waals surface area contributed by atoms with Gasteiger partial charge in [0.25, 0.3) is 5.89 Å². The fourth-order valence-corrected chi connectivity index (χ4v) is 3.46. The van der Waals surface area contributed by atoms with Crippen LogP contribution in [0.4, 0.5) is 5.82 Å². The molecule has 0 amide bonds. The van der Waals surface area contributed by atoms with Crippen molar-refractivity contribution in [1.29, 1.82) is 0 Å². The highest BCUT2D eigenvalue weighted by molar-refractivity contribution is 6.30. The molecule has 3 aromatic rings. The molecular weight excluding hydrogens is 358 g/mol. The highest BCUT2D eigenvalue weighted by atomic mass is 35.5. The van der Waals surface area contributed by atoms with Gasteiger partial charge in [-0.05, 0) is 52.8 Å². The minimum Gasteiger partial charge on any atom is -0.483 e. The molecule has 1 aliphatic rings. The third-order valence-electron chi connectivity index (χ3n) is 4.56. The Hall–Kier alpha value is -2.61. The summed E-state index contributed by atoms with van der Waals surface area (Å²) in [5.74, 6) is 1.90. The van der Waals surface area contributed by atoms with Crippen molar-refractivity contribution in [2.24, 2.45) is 0 Å². The summed E-state index contributed by atoms with van der Waals surface area (Å²) in [5.41, 5.74) is 7.02. The van der Waals surface area contributed by atoms with Crippen molar-refractivity contribution in [3.63, 3.8) is 0 Å². The van der Waals surface area contributed by atoms with Gasteiger partial charge in [-0.3, -0.25) is 0 Å². The lowest BCUT2D eigenvalue weighted by Gasteiger charge is -2.24. The van der Waals surface area contributed by atoms with Gasteiger partial charge in [0.05, 0.1) is 0 Å². The van der Waals surface area contributed by atoms with Crippen molar-refractivity contribution < 1.29 is 13.9 Å². The number of nitrogens with zero attached hydrogens (tertiary/aromatic N) is 4. The molecule has 4 rings (SSSR count). The van der Waals surface area contributed by atoms with Crippen LogP contribution in [0.5, 0.6) is 5.75 Å². The molecule has 0 radical (unpaired) electrons. The topological polar surface area (TPSA) is 113 Å². The molecule has 1 saturated carbocycles. The molecule has 0 bridgehead atoms. The first-order valence-corrected chi connectivity index (χ1v) is 8.92. The van der Waals surface area contributed by atoms with Crippen LogP contribution in [0.15, 0.2) is 27.4 Å². The minimum absolute atomic E-state index is 0.107. The summed E-state index contributed by atoms with van der Waals surface area (Å²) >= 11 is 6.20. The standard InChI is InChI=1S/C17H18ClN5O3/c18-11-6-7-13(12(8-11)10-4-2-1-3-5-10)24-9-14-20-17(23-25-14)15-16(19)22-26-21-15/h6-8,10H,1-5,9H2,(H2,19,22). The third kappa shape index (κ3) is 3.50. The maximum atomic E-state index is 6.20. The number of benzene rings is 1. The molecule has 2 aromatic heterocycles. The molecule has 2 heterocycles. The van der Waals surface area contributed by atoms with E-state index < -0.39 is 0 Å². The quantitative estimate of drug-likeness (QED) is 0.712. The van der Waals surface area contributed by atoms with E-state index in [-0.39, 0.29) is 23.9 Å². The zero-order valence-electron chi connectivity index (χ0n) is 14.0. The van der Waals surface area contributed by atoms with Gasteiger partial charge >= 0.3 is 0 Å². The van der Waals surface area contributed by atoms with Crippen molar-refractivity contribution in [3.05, 3.63) is 34.7 Å². The van der Waals surface area contributed by atoms with E-state index in [9.17, 15) is 0 Å². The Kier molecular flexibility index (Phi) is 4.75. The van der Waals surface area contributed by atoms with Gasteiger partial charge in [-0.15, -0.1) is 0 Å². The van der Waals surface area contributed by atoms with Gasteiger partial charge in [-0.2, -0.15) is 4.98 Å². The van der Waals surface area contributed by atoms with Crippen LogP contribution in [-0.4, -0.2) is 20.5 Å². The molecule has 136 valence electrons. The number of hydrogen-bond acceptors (Lipinski definition) is 8. The zero-order chi connectivity index (χ0) is 17.9. The van der Waals surface area contributed by atoms with Crippen molar-refractivity contribution in [2.45, 2.75) is 44.6 Å². The molecule has 2 N–H and O–H groups in total. The second kappa shape index (κ2) is 7.33. The number of hydrogen-bond donors (Lipinski definition) is 1. The Bertz CT molecular complexity index is 888. The van der Waals surface area contributed by atoms with Gasteiger partial charge < -0.3 is 15.0 Å². The monoisotopic (exact) mass is 375 g/mol. The maximum Gasteiger partial charge on any atom is 0.264 e. The second-order valence-electron chi connectivity index (χ2n) is 6.32. The summed E-state index contributed by atoms with van der Waals surface area (Å²) in [6.45, 7) is 0.138. The highest BCUT2D eigenvalue weighted by Gasteiger charge is 2.21. The summed E-state index contributed by atoms with van der Waals surface area (Å²) < 4.78 is 15.7. The third-order valence-corrected chi connectivity index (χ3v) is 4.80. The fourth-order valence-electron chi connectivity index (χ4n) is 3.28. The predicted molar refractivity (Wildman–Crippen MR) is 93.6 cm³/mol. The van der Waals surface area contributed by atoms with Gasteiger partial charge in [0.15, 0.2) is 18.1 Å². The predicted octanol–water partition coefficient (Wildman–Crippen LogP) is 3.98. The van der Waals surface area contributed by atoms with Crippen LogP contribution in [0.2, 0.25) is 5.02 Å². The maximum absolute atomic E-state index is 6.20. The smallest absolute Gasteiger partial charge is 0.264 e. The first-order chi connectivity index (χ1) is 12.7. The van der Waals surface area contributed by atoms with E-state index in [1.165, 1.54) is 19.3 Å². The summed E-state index contributed by atoms with van der Waals surface area (Å²) in [4.78, 5) is 4.22. The molecule has 0 unspecified atom stereocenters. The first-order valence-electron chi connectivity index (χ1n) is 8.54. The normalized spacial score (nSPS) is 15.3. The number of nitrogens with two attached hydrogens (primary N) is 1. The highest BCUT2D eigenvalue weighted by Crippen LogP contribution is 2.39. The van der Waals surface area contributed by atoms with Crippen LogP contribution in [0.1, 0.15) is 49.5 Å². The Morgan fingerprint density at radius 3 is 2.77 bits per heavy atom. The summed E-state index contributed by atoms with van der Waals surface area (Å²) in [6.07, 6.45) is 6.06. The van der Waals surface area contributed by atoms with Gasteiger partial charge in [-0.1, -0.05) is 36.0 Å². The molecule has 0 spiro atoms. The number of rotatable bonds is 5. The van der Waals surface area contributed by atoms with Gasteiger partial charge in [-0.25, -0.2) is 4.63 Å². The molecule has 1 aromatic carbocycles. The van der Waals surface area contributed by atoms with E-state index in [4.69, 9.17) is 26.6 Å². The summed E-state index contributed by atoms with van der Waals surface area (Å²) in [5, 5.41) is 11.7. The van der Waals surface area contributed by atoms with E-state index in [0.29, 0.717) is 16.8 Å². The minimum atomic E-state index is 0.107. The number of ether oxygens (including phenoxy) is 1. The molecule has 26 heavy (non-hydrogen) atoms. The first kappa shape index (κ1) is 16.8. The molecular formula is C17H18ClN5O3. The molecule has 1 fully saturated rings. The molecule has 9 heteroatoms. The molecule has 8 nitrogen and oxygen atoms in total. The van der Waals surface area contributed by atoms with Crippen LogP contribution in [-0.2, 0) is 6.61 Å². The van der Waals surface area contributed by atoms with Crippen molar-refractivity contribution in [2.75, 3.05) is 5.73 Å². The average molecular weight is 376 g/mol. The molecule has 0 aliphatic heterocycles. The van der Waals surface area contributed by atoms with Gasteiger partial charge in [0.1, 0.15) is 5.75 Å². The number of nitrogen functional groups attached to an aromatic ring is 1. The molecule has 0 saturated heterocycles. The number of halogens is 1. The van der Waals surface area contributed by atoms with E-state index in [1.54, 1.807) is 0 Å². The SMILES string of the molecule is Nc1nonc1-c1noc(COc2ccc(Cl)cc2C2CCCCC2)n1. The molecule has 1 aliphatic carbocycles. The summed E-state index contributed by atoms with van der Waals surface area (Å²) in [6, 6.07) is 5.71. The van der Waals surface area contributed by atoms with E-state index in [0.717, 1.165) is 24.2 Å². The fraction of sp³-hybridized carbons (Fsp3) is 0.412. The lowest BCUT2D eigenvalue weighted by molar-refractivity contribution is 0.239. The van der Waals surface area contributed by atoms with E-state index >= 15 is 0 Å². The largest absolute Gasteiger partial charge is 0.483 e. The van der Waals surface area contributed by atoms with Gasteiger partial charge in [0, 0.05) is 5.02 Å². The van der Waals surface area contributed by atoms with Crippen molar-refractivity contribution >= 4 is 17.4 Å². The van der Waals surface area contributed by atoms with Gasteiger partial charge in [0.2, 0.25) is 5.82 Å². The lowest BCUT2D eigenvalue weighted by atomic mass is 9.84. The van der Waals surface area contributed by atoms with Crippen LogP contribution in [0, 0.1) is 0 Å². The second-order valence-corrected chi connectivity index (χ2v) is 6.75. The zero-order valence-corrected chi connectivity index (χ0v) is 14.8. The Morgan fingerprint density at radius 2 is 2.00 bits per heavy atom. The van der Waals surface area contributed by atoms with Crippen molar-refractivity contribution in [1.82, 2.24) is 20.5 Å². The average Bonchev–Trinajstić information content (AvgIpc) is 3.30. The van der Waals surface area contributed by atoms with Crippen LogP contribution in [0.25, 0.3) is 11.5 Å². The van der Waals surface area contributed by atoms with Crippen LogP contribution in [0.3, 0.4) is 0 Å². The molecule has 0 atom stereocenters. The Morgan fingerprint density at radius 1 is 1.15 bits per heavy atom. The van der Waals surface area contributed by atoms with Crippen LogP contribution >= 0.6 is 11.6 Å². The van der Waals surface area contributed by atoms with E-state index in [2.05, 4.69) is 25.1 Å².